The van der Waals surface area contributed by atoms with Gasteiger partial charge in [0.25, 0.3) is 5.91 Å². The highest BCUT2D eigenvalue weighted by molar-refractivity contribution is 8.00. The Morgan fingerprint density at radius 1 is 1.50 bits per heavy atom. The number of hydrogen-bond donors (Lipinski definition) is 2. The van der Waals surface area contributed by atoms with Crippen molar-refractivity contribution >= 4 is 56.4 Å². The Morgan fingerprint density at radius 3 is 3.10 bits per heavy atom. The lowest BCUT2D eigenvalue weighted by molar-refractivity contribution is 0.0958. The zero-order valence-electron chi connectivity index (χ0n) is 10.8. The Bertz CT molecular complexity index is 650. The molecule has 1 aromatic heterocycles. The van der Waals surface area contributed by atoms with E-state index in [1.165, 1.54) is 29.9 Å². The molecule has 1 aromatic carbocycles. The minimum absolute atomic E-state index is 0.0766. The Hall–Kier alpha value is -0.910. The van der Waals surface area contributed by atoms with Gasteiger partial charge >= 0.3 is 0 Å². The molecule has 1 fully saturated rings. The summed E-state index contributed by atoms with van der Waals surface area (Å²) in [4.78, 5) is 12.8. The van der Waals surface area contributed by atoms with Crippen LogP contribution in [0.2, 0.25) is 5.02 Å². The molecule has 3 nitrogen and oxygen atoms in total. The summed E-state index contributed by atoms with van der Waals surface area (Å²) in [6, 6.07) is 5.53. The van der Waals surface area contributed by atoms with Gasteiger partial charge in [0.1, 0.15) is 4.88 Å². The molecule has 0 bridgehead atoms. The van der Waals surface area contributed by atoms with E-state index in [4.69, 9.17) is 17.3 Å². The van der Waals surface area contributed by atoms with Crippen LogP contribution in [0.25, 0.3) is 10.1 Å². The number of amides is 1. The summed E-state index contributed by atoms with van der Waals surface area (Å²) in [5.74, 6) is 1.12. The normalized spacial score (nSPS) is 18.6. The van der Waals surface area contributed by atoms with Gasteiger partial charge in [-0.25, -0.2) is 0 Å². The van der Waals surface area contributed by atoms with Crippen LogP contribution in [-0.2, 0) is 0 Å². The maximum absolute atomic E-state index is 12.3. The first kappa shape index (κ1) is 14.0. The number of anilines is 1. The third-order valence-corrected chi connectivity index (χ3v) is 6.23. The van der Waals surface area contributed by atoms with E-state index in [2.05, 4.69) is 5.32 Å². The van der Waals surface area contributed by atoms with Crippen LogP contribution in [-0.4, -0.2) is 23.5 Å². The third kappa shape index (κ3) is 2.75. The summed E-state index contributed by atoms with van der Waals surface area (Å²) < 4.78 is 0.993. The van der Waals surface area contributed by atoms with Crippen LogP contribution < -0.4 is 11.1 Å². The van der Waals surface area contributed by atoms with Gasteiger partial charge in [0.2, 0.25) is 0 Å². The monoisotopic (exact) mass is 326 g/mol. The third-order valence-electron chi connectivity index (χ3n) is 3.41. The van der Waals surface area contributed by atoms with Crippen molar-refractivity contribution in [1.82, 2.24) is 5.32 Å². The fourth-order valence-electron chi connectivity index (χ4n) is 2.35. The van der Waals surface area contributed by atoms with Gasteiger partial charge in [-0.05, 0) is 36.8 Å². The van der Waals surface area contributed by atoms with Crippen molar-refractivity contribution in [1.29, 1.82) is 0 Å². The first-order chi connectivity index (χ1) is 9.65. The molecule has 3 N–H and O–H groups in total. The zero-order valence-corrected chi connectivity index (χ0v) is 13.2. The van der Waals surface area contributed by atoms with Gasteiger partial charge in [-0.1, -0.05) is 11.6 Å². The lowest BCUT2D eigenvalue weighted by atomic mass is 10.2. The van der Waals surface area contributed by atoms with E-state index < -0.39 is 0 Å². The second-order valence-corrected chi connectivity index (χ2v) is 7.73. The van der Waals surface area contributed by atoms with Crippen molar-refractivity contribution in [2.24, 2.45) is 0 Å². The van der Waals surface area contributed by atoms with Crippen LogP contribution in [0.4, 0.5) is 5.69 Å². The highest BCUT2D eigenvalue weighted by atomic mass is 35.5. The van der Waals surface area contributed by atoms with Gasteiger partial charge in [-0.2, -0.15) is 11.8 Å². The zero-order chi connectivity index (χ0) is 14.1. The second kappa shape index (κ2) is 5.84. The maximum atomic E-state index is 12.3. The van der Waals surface area contributed by atoms with Crippen LogP contribution in [0, 0.1) is 0 Å². The van der Waals surface area contributed by atoms with Gasteiger partial charge in [0.05, 0.1) is 5.69 Å². The molecule has 0 radical (unpaired) electrons. The first-order valence-electron chi connectivity index (χ1n) is 6.52. The van der Waals surface area contributed by atoms with E-state index in [1.54, 1.807) is 0 Å². The van der Waals surface area contributed by atoms with E-state index in [9.17, 15) is 4.79 Å². The molecule has 1 amide bonds. The Balaban J connectivity index is 1.78. The van der Waals surface area contributed by atoms with E-state index in [0.717, 1.165) is 16.6 Å². The average molecular weight is 327 g/mol. The summed E-state index contributed by atoms with van der Waals surface area (Å²) in [6.45, 7) is 0.720. The summed E-state index contributed by atoms with van der Waals surface area (Å²) in [5.41, 5.74) is 6.61. The number of thiophene rings is 1. The minimum atomic E-state index is -0.0766. The number of thioether (sulfide) groups is 1. The molecule has 0 saturated carbocycles. The standard InChI is InChI=1S/C14H15ClN2OS2/c15-8-3-4-11-10(6-8)12(16)13(20-11)14(18)17-7-9-2-1-5-19-9/h3-4,6,9H,1-2,5,7,16H2,(H,17,18). The molecular formula is C14H15ClN2OS2. The number of halogens is 1. The summed E-state index contributed by atoms with van der Waals surface area (Å²) in [6.07, 6.45) is 2.43. The number of nitrogens with one attached hydrogen (secondary N) is 1. The molecule has 6 heteroatoms. The van der Waals surface area contributed by atoms with Crippen LogP contribution in [0.1, 0.15) is 22.5 Å². The predicted octanol–water partition coefficient (Wildman–Crippen LogP) is 3.76. The first-order valence-corrected chi connectivity index (χ1v) is 8.77. The molecule has 106 valence electrons. The van der Waals surface area contributed by atoms with E-state index in [-0.39, 0.29) is 5.91 Å². The molecule has 0 aliphatic carbocycles. The van der Waals surface area contributed by atoms with Crippen molar-refractivity contribution in [3.05, 3.63) is 28.1 Å². The number of benzene rings is 1. The Kier molecular flexibility index (Phi) is 4.10. The highest BCUT2D eigenvalue weighted by Crippen LogP contribution is 2.35. The fraction of sp³-hybridized carbons (Fsp3) is 0.357. The molecule has 1 aliphatic rings. The molecule has 2 heterocycles. The number of fused-ring (bicyclic) bond motifs is 1. The number of carbonyl (C=O) groups excluding carboxylic acids is 1. The molecule has 0 spiro atoms. The van der Waals surface area contributed by atoms with Gasteiger partial charge in [0.15, 0.2) is 0 Å². The molecular weight excluding hydrogens is 312 g/mol. The van der Waals surface area contributed by atoms with Gasteiger partial charge < -0.3 is 11.1 Å². The summed E-state index contributed by atoms with van der Waals surface area (Å²) in [7, 11) is 0. The average Bonchev–Trinajstić information content (AvgIpc) is 3.05. The smallest absolute Gasteiger partial charge is 0.263 e. The molecule has 1 saturated heterocycles. The van der Waals surface area contributed by atoms with Crippen molar-refractivity contribution in [3.8, 4) is 0 Å². The summed E-state index contributed by atoms with van der Waals surface area (Å²) in [5, 5.41) is 5.04. The lowest BCUT2D eigenvalue weighted by Crippen LogP contribution is -2.29. The Labute approximate surface area is 130 Å². The quantitative estimate of drug-likeness (QED) is 0.903. The van der Waals surface area contributed by atoms with Crippen molar-refractivity contribution in [2.45, 2.75) is 18.1 Å². The summed E-state index contributed by atoms with van der Waals surface area (Å²) >= 11 is 9.32. The van der Waals surface area contributed by atoms with E-state index in [0.29, 0.717) is 20.8 Å². The Morgan fingerprint density at radius 2 is 2.35 bits per heavy atom. The minimum Gasteiger partial charge on any atom is -0.397 e. The van der Waals surface area contributed by atoms with Gasteiger partial charge in [-0.15, -0.1) is 11.3 Å². The highest BCUT2D eigenvalue weighted by Gasteiger charge is 2.20. The van der Waals surface area contributed by atoms with Crippen LogP contribution >= 0.6 is 34.7 Å². The molecule has 2 aromatic rings. The van der Waals surface area contributed by atoms with Crippen LogP contribution in [0.5, 0.6) is 0 Å². The number of nitrogen functional groups attached to an aromatic ring is 1. The topological polar surface area (TPSA) is 55.1 Å². The SMILES string of the molecule is Nc1c(C(=O)NCC2CCCS2)sc2ccc(Cl)cc12. The van der Waals surface area contributed by atoms with Crippen LogP contribution in [0.15, 0.2) is 18.2 Å². The maximum Gasteiger partial charge on any atom is 0.263 e. The number of rotatable bonds is 3. The van der Waals surface area contributed by atoms with E-state index >= 15 is 0 Å². The second-order valence-electron chi connectivity index (χ2n) is 4.83. The molecule has 1 aliphatic heterocycles. The lowest BCUT2D eigenvalue weighted by Gasteiger charge is -2.09. The van der Waals surface area contributed by atoms with Gasteiger partial charge in [-0.3, -0.25) is 4.79 Å². The molecule has 3 rings (SSSR count). The van der Waals surface area contributed by atoms with Crippen LogP contribution in [0.3, 0.4) is 0 Å². The van der Waals surface area contributed by atoms with Crippen molar-refractivity contribution < 1.29 is 4.79 Å². The number of hydrogen-bond acceptors (Lipinski definition) is 4. The number of nitrogens with two attached hydrogens (primary N) is 1. The molecule has 1 unspecified atom stereocenters. The van der Waals surface area contributed by atoms with Crippen molar-refractivity contribution in [3.63, 3.8) is 0 Å². The number of carbonyl (C=O) groups is 1. The van der Waals surface area contributed by atoms with Crippen molar-refractivity contribution in [2.75, 3.05) is 18.0 Å². The van der Waals surface area contributed by atoms with E-state index in [1.807, 2.05) is 30.0 Å². The predicted molar refractivity (Wildman–Crippen MR) is 89.1 cm³/mol. The molecule has 20 heavy (non-hydrogen) atoms. The largest absolute Gasteiger partial charge is 0.397 e. The van der Waals surface area contributed by atoms with Gasteiger partial charge in [0, 0.05) is 26.9 Å². The fourth-order valence-corrected chi connectivity index (χ4v) is 4.74. The molecule has 1 atom stereocenters.